The highest BCUT2D eigenvalue weighted by Gasteiger charge is 2.24. The maximum atomic E-state index is 12.5. The molecule has 5 heteroatoms. The summed E-state index contributed by atoms with van der Waals surface area (Å²) in [6.07, 6.45) is 4.59. The number of rotatable bonds is 6. The molecule has 1 fully saturated rings. The van der Waals surface area contributed by atoms with Gasteiger partial charge in [-0.1, -0.05) is 18.5 Å². The minimum absolute atomic E-state index is 0.295. The van der Waals surface area contributed by atoms with Crippen molar-refractivity contribution >= 4 is 28.8 Å². The fraction of sp³-hybridized carbons (Fsp3) is 0.667. The Morgan fingerprint density at radius 3 is 2.80 bits per heavy atom. The normalized spacial score (nSPS) is 16.3. The summed E-state index contributed by atoms with van der Waals surface area (Å²) in [4.78, 5) is 15.8. The highest BCUT2D eigenvalue weighted by atomic mass is 35.5. The Bertz CT molecular complexity index is 429. The van der Waals surface area contributed by atoms with E-state index in [9.17, 15) is 4.79 Å². The lowest BCUT2D eigenvalue weighted by molar-refractivity contribution is -0.134. The molecule has 0 spiro atoms. The van der Waals surface area contributed by atoms with E-state index >= 15 is 0 Å². The monoisotopic (exact) mass is 314 g/mol. The first-order chi connectivity index (χ1) is 9.70. The van der Waals surface area contributed by atoms with Crippen LogP contribution >= 0.6 is 22.9 Å². The van der Waals surface area contributed by atoms with Crippen LogP contribution in [0, 0.1) is 0 Å². The second-order valence-corrected chi connectivity index (χ2v) is 7.07. The third-order valence-corrected chi connectivity index (χ3v) is 5.04. The molecule has 112 valence electrons. The zero-order chi connectivity index (χ0) is 14.4. The van der Waals surface area contributed by atoms with Crippen LogP contribution in [0.3, 0.4) is 0 Å². The average molecular weight is 315 g/mol. The van der Waals surface area contributed by atoms with Crippen LogP contribution in [-0.2, 0) is 11.2 Å². The molecule has 0 unspecified atom stereocenters. The molecule has 1 aliphatic rings. The van der Waals surface area contributed by atoms with Gasteiger partial charge >= 0.3 is 0 Å². The molecule has 20 heavy (non-hydrogen) atoms. The molecule has 0 bridgehead atoms. The Balaban J connectivity index is 1.88. The molecule has 2 heterocycles. The van der Waals surface area contributed by atoms with Gasteiger partial charge in [-0.3, -0.25) is 4.79 Å². The number of halogens is 1. The zero-order valence-electron chi connectivity index (χ0n) is 12.0. The molecule has 1 amide bonds. The van der Waals surface area contributed by atoms with Crippen molar-refractivity contribution in [1.82, 2.24) is 10.2 Å². The van der Waals surface area contributed by atoms with Crippen LogP contribution in [0.1, 0.15) is 37.5 Å². The summed E-state index contributed by atoms with van der Waals surface area (Å²) >= 11 is 7.50. The van der Waals surface area contributed by atoms with Gasteiger partial charge in [0, 0.05) is 23.9 Å². The molecule has 0 saturated carbocycles. The Hall–Kier alpha value is -0.580. The van der Waals surface area contributed by atoms with Crippen molar-refractivity contribution in [2.45, 2.75) is 45.1 Å². The third kappa shape index (κ3) is 4.47. The summed E-state index contributed by atoms with van der Waals surface area (Å²) in [6.45, 7) is 5.08. The first kappa shape index (κ1) is 15.8. The predicted molar refractivity (Wildman–Crippen MR) is 85.5 cm³/mol. The molecule has 1 aliphatic heterocycles. The molecule has 0 aromatic carbocycles. The second kappa shape index (κ2) is 8.01. The SMILES string of the molecule is CCCN(C(=O)CCc1ccc(Cl)s1)C1CCNCC1. The number of thiophene rings is 1. The van der Waals surface area contributed by atoms with Gasteiger partial charge in [0.15, 0.2) is 0 Å². The fourth-order valence-corrected chi connectivity index (χ4v) is 3.82. The van der Waals surface area contributed by atoms with Crippen molar-refractivity contribution in [3.8, 4) is 0 Å². The number of aryl methyl sites for hydroxylation is 1. The van der Waals surface area contributed by atoms with Gasteiger partial charge in [-0.25, -0.2) is 0 Å². The number of hydrogen-bond acceptors (Lipinski definition) is 3. The Morgan fingerprint density at radius 1 is 1.45 bits per heavy atom. The van der Waals surface area contributed by atoms with Crippen molar-refractivity contribution in [3.05, 3.63) is 21.3 Å². The van der Waals surface area contributed by atoms with Crippen LogP contribution in [0.4, 0.5) is 0 Å². The van der Waals surface area contributed by atoms with Crippen molar-refractivity contribution in [1.29, 1.82) is 0 Å². The van der Waals surface area contributed by atoms with Crippen molar-refractivity contribution in [3.63, 3.8) is 0 Å². The lowest BCUT2D eigenvalue weighted by Crippen LogP contribution is -2.46. The number of nitrogens with zero attached hydrogens (tertiary/aromatic N) is 1. The minimum atomic E-state index is 0.295. The Labute approximate surface area is 130 Å². The van der Waals surface area contributed by atoms with Crippen LogP contribution in [0.5, 0.6) is 0 Å². The van der Waals surface area contributed by atoms with E-state index in [-0.39, 0.29) is 0 Å². The summed E-state index contributed by atoms with van der Waals surface area (Å²) in [5.74, 6) is 0.295. The quantitative estimate of drug-likeness (QED) is 0.873. The molecule has 1 aromatic heterocycles. The third-order valence-electron chi connectivity index (χ3n) is 3.75. The molecule has 1 N–H and O–H groups in total. The van der Waals surface area contributed by atoms with Crippen LogP contribution in [-0.4, -0.2) is 36.5 Å². The standard InChI is InChI=1S/C15H23ClN2OS/c1-2-11-18(12-7-9-17-10-8-12)15(19)6-4-13-3-5-14(16)20-13/h3,5,12,17H,2,4,6-11H2,1H3. The van der Waals surface area contributed by atoms with E-state index in [2.05, 4.69) is 17.1 Å². The number of hydrogen-bond donors (Lipinski definition) is 1. The van der Waals surface area contributed by atoms with Crippen molar-refractivity contribution < 1.29 is 4.79 Å². The largest absolute Gasteiger partial charge is 0.340 e. The average Bonchev–Trinajstić information content (AvgIpc) is 2.89. The molecule has 0 radical (unpaired) electrons. The van der Waals surface area contributed by atoms with Crippen molar-refractivity contribution in [2.24, 2.45) is 0 Å². The van der Waals surface area contributed by atoms with Gasteiger partial charge in [-0.2, -0.15) is 0 Å². The number of carbonyl (C=O) groups excluding carboxylic acids is 1. The summed E-state index contributed by atoms with van der Waals surface area (Å²) in [5.41, 5.74) is 0. The molecule has 2 rings (SSSR count). The highest BCUT2D eigenvalue weighted by Crippen LogP contribution is 2.23. The van der Waals surface area contributed by atoms with E-state index in [1.165, 1.54) is 4.88 Å². The van der Waals surface area contributed by atoms with Crippen LogP contribution in [0.25, 0.3) is 0 Å². The van der Waals surface area contributed by atoms with E-state index in [1.807, 2.05) is 12.1 Å². The lowest BCUT2D eigenvalue weighted by atomic mass is 10.0. The zero-order valence-corrected chi connectivity index (χ0v) is 13.6. The van der Waals surface area contributed by atoms with Gasteiger partial charge in [-0.05, 0) is 50.9 Å². The number of amides is 1. The summed E-state index contributed by atoms with van der Waals surface area (Å²) in [6, 6.07) is 4.35. The van der Waals surface area contributed by atoms with E-state index in [4.69, 9.17) is 11.6 Å². The van der Waals surface area contributed by atoms with Gasteiger partial charge in [0.05, 0.1) is 4.34 Å². The van der Waals surface area contributed by atoms with Gasteiger partial charge in [-0.15, -0.1) is 11.3 Å². The van der Waals surface area contributed by atoms with Gasteiger partial charge < -0.3 is 10.2 Å². The minimum Gasteiger partial charge on any atom is -0.340 e. The van der Waals surface area contributed by atoms with E-state index in [0.717, 1.165) is 49.7 Å². The van der Waals surface area contributed by atoms with Crippen LogP contribution < -0.4 is 5.32 Å². The lowest BCUT2D eigenvalue weighted by Gasteiger charge is -2.34. The molecular formula is C15H23ClN2OS. The van der Waals surface area contributed by atoms with E-state index in [0.29, 0.717) is 18.4 Å². The van der Waals surface area contributed by atoms with Crippen LogP contribution in [0.15, 0.2) is 12.1 Å². The maximum Gasteiger partial charge on any atom is 0.223 e. The first-order valence-electron chi connectivity index (χ1n) is 7.45. The molecule has 1 saturated heterocycles. The Morgan fingerprint density at radius 2 is 2.20 bits per heavy atom. The number of carbonyl (C=O) groups is 1. The summed E-state index contributed by atoms with van der Waals surface area (Å²) in [5, 5.41) is 3.36. The molecule has 0 aliphatic carbocycles. The number of nitrogens with one attached hydrogen (secondary N) is 1. The maximum absolute atomic E-state index is 12.5. The topological polar surface area (TPSA) is 32.3 Å². The van der Waals surface area contributed by atoms with Gasteiger partial charge in [0.1, 0.15) is 0 Å². The molecule has 1 aromatic rings. The fourth-order valence-electron chi connectivity index (χ4n) is 2.73. The van der Waals surface area contributed by atoms with Gasteiger partial charge in [0.2, 0.25) is 5.91 Å². The van der Waals surface area contributed by atoms with Crippen molar-refractivity contribution in [2.75, 3.05) is 19.6 Å². The summed E-state index contributed by atoms with van der Waals surface area (Å²) in [7, 11) is 0. The highest BCUT2D eigenvalue weighted by molar-refractivity contribution is 7.16. The summed E-state index contributed by atoms with van der Waals surface area (Å²) < 4.78 is 0.802. The van der Waals surface area contributed by atoms with E-state index < -0.39 is 0 Å². The number of piperidine rings is 1. The molecule has 0 atom stereocenters. The van der Waals surface area contributed by atoms with E-state index in [1.54, 1.807) is 11.3 Å². The smallest absolute Gasteiger partial charge is 0.223 e. The second-order valence-electron chi connectivity index (χ2n) is 5.27. The predicted octanol–water partition coefficient (Wildman–Crippen LogP) is 3.32. The molecule has 3 nitrogen and oxygen atoms in total. The Kier molecular flexibility index (Phi) is 6.33. The van der Waals surface area contributed by atoms with Crippen LogP contribution in [0.2, 0.25) is 4.34 Å². The first-order valence-corrected chi connectivity index (χ1v) is 8.64. The van der Waals surface area contributed by atoms with Gasteiger partial charge in [0.25, 0.3) is 0 Å². The molecular weight excluding hydrogens is 292 g/mol.